The summed E-state index contributed by atoms with van der Waals surface area (Å²) in [6.45, 7) is 5.61. The number of rotatable bonds is 5. The zero-order valence-electron chi connectivity index (χ0n) is 16.4. The molecule has 29 heavy (non-hydrogen) atoms. The van der Waals surface area contributed by atoms with E-state index in [9.17, 15) is 13.2 Å². The van der Waals surface area contributed by atoms with Crippen molar-refractivity contribution in [2.75, 3.05) is 19.8 Å². The van der Waals surface area contributed by atoms with Crippen LogP contribution in [0.2, 0.25) is 0 Å². The third kappa shape index (κ3) is 4.12. The number of amides is 1. The summed E-state index contributed by atoms with van der Waals surface area (Å²) in [6, 6.07) is 5.68. The fourth-order valence-corrected chi connectivity index (χ4v) is 5.77. The van der Waals surface area contributed by atoms with Gasteiger partial charge in [-0.2, -0.15) is 4.72 Å². The predicted molar refractivity (Wildman–Crippen MR) is 110 cm³/mol. The molecule has 1 aromatic carbocycles. The quantitative estimate of drug-likeness (QED) is 0.778. The zero-order valence-corrected chi connectivity index (χ0v) is 18.0. The van der Waals surface area contributed by atoms with Crippen molar-refractivity contribution in [3.05, 3.63) is 40.1 Å². The Hall–Kier alpha value is -2.10. The molecule has 0 radical (unpaired) electrons. The van der Waals surface area contributed by atoms with E-state index in [1.54, 1.807) is 22.3 Å². The molecule has 3 heterocycles. The predicted octanol–water partition coefficient (Wildman–Crippen LogP) is 2.41. The van der Waals surface area contributed by atoms with Crippen molar-refractivity contribution < 1.29 is 22.7 Å². The molecule has 0 bridgehead atoms. The van der Waals surface area contributed by atoms with Crippen LogP contribution < -0.4 is 14.2 Å². The molecule has 2 aliphatic heterocycles. The highest BCUT2D eigenvalue weighted by molar-refractivity contribution is 7.89. The summed E-state index contributed by atoms with van der Waals surface area (Å²) in [7, 11) is -3.90. The molecule has 0 saturated carbocycles. The third-order valence-corrected chi connectivity index (χ3v) is 7.62. The summed E-state index contributed by atoms with van der Waals surface area (Å²) in [5, 5.41) is 2.03. The molecular weight excluding hydrogens is 412 g/mol. The Bertz CT molecular complexity index is 1020. The third-order valence-electron chi connectivity index (χ3n) is 5.16. The van der Waals surface area contributed by atoms with Crippen LogP contribution in [-0.4, -0.2) is 45.0 Å². The lowest BCUT2D eigenvalue weighted by molar-refractivity contribution is -0.134. The van der Waals surface area contributed by atoms with Crippen LogP contribution in [0.3, 0.4) is 0 Å². The van der Waals surface area contributed by atoms with Gasteiger partial charge < -0.3 is 14.4 Å². The maximum Gasteiger partial charge on any atom is 0.241 e. The number of carbonyl (C=O) groups excluding carboxylic acids is 1. The highest BCUT2D eigenvalue weighted by Crippen LogP contribution is 2.32. The lowest BCUT2D eigenvalue weighted by Crippen LogP contribution is -2.52. The Balaban J connectivity index is 1.54. The van der Waals surface area contributed by atoms with Crippen LogP contribution in [0.15, 0.2) is 34.5 Å². The van der Waals surface area contributed by atoms with E-state index in [0.29, 0.717) is 37.8 Å². The Morgan fingerprint density at radius 1 is 1.17 bits per heavy atom. The zero-order chi connectivity index (χ0) is 20.6. The van der Waals surface area contributed by atoms with Crippen molar-refractivity contribution in [1.82, 2.24) is 9.62 Å². The second-order valence-electron chi connectivity index (χ2n) is 7.53. The van der Waals surface area contributed by atoms with Gasteiger partial charge >= 0.3 is 0 Å². The summed E-state index contributed by atoms with van der Waals surface area (Å²) in [5.41, 5.74) is 1.15. The van der Waals surface area contributed by atoms with Crippen molar-refractivity contribution in [3.8, 4) is 11.5 Å². The maximum atomic E-state index is 13.2. The lowest BCUT2D eigenvalue weighted by Gasteiger charge is -2.32. The number of ether oxygens (including phenoxy) is 2. The van der Waals surface area contributed by atoms with Gasteiger partial charge in [0.25, 0.3) is 0 Å². The molecule has 0 saturated heterocycles. The summed E-state index contributed by atoms with van der Waals surface area (Å²) in [6.07, 6.45) is 0.804. The van der Waals surface area contributed by atoms with Gasteiger partial charge in [0.05, 0.1) is 4.90 Å². The molecule has 156 valence electrons. The van der Waals surface area contributed by atoms with Crippen LogP contribution in [0.1, 0.15) is 24.3 Å². The van der Waals surface area contributed by atoms with Gasteiger partial charge in [0.1, 0.15) is 19.3 Å². The first kappa shape index (κ1) is 20.2. The van der Waals surface area contributed by atoms with Crippen molar-refractivity contribution in [2.45, 2.75) is 37.8 Å². The minimum Gasteiger partial charge on any atom is -0.486 e. The average Bonchev–Trinajstić information content (AvgIpc) is 3.19. The first-order valence-electron chi connectivity index (χ1n) is 9.61. The Labute approximate surface area is 174 Å². The number of carbonyl (C=O) groups is 1. The average molecular weight is 437 g/mol. The normalized spacial score (nSPS) is 17.1. The molecule has 2 aliphatic rings. The van der Waals surface area contributed by atoms with Gasteiger partial charge in [-0.1, -0.05) is 13.8 Å². The smallest absolute Gasteiger partial charge is 0.241 e. The van der Waals surface area contributed by atoms with Gasteiger partial charge in [-0.25, -0.2) is 8.42 Å². The molecule has 2 aromatic rings. The van der Waals surface area contributed by atoms with Gasteiger partial charge in [-0.15, -0.1) is 11.3 Å². The van der Waals surface area contributed by atoms with Gasteiger partial charge in [0, 0.05) is 24.0 Å². The minimum absolute atomic E-state index is 0.0546. The summed E-state index contributed by atoms with van der Waals surface area (Å²) in [5.74, 6) is 0.524. The number of fused-ring (bicyclic) bond motifs is 2. The molecule has 9 heteroatoms. The topological polar surface area (TPSA) is 84.9 Å². The van der Waals surface area contributed by atoms with Gasteiger partial charge in [0.2, 0.25) is 15.9 Å². The van der Waals surface area contributed by atoms with Gasteiger partial charge in [-0.3, -0.25) is 4.79 Å². The second-order valence-corrected chi connectivity index (χ2v) is 10.2. The highest BCUT2D eigenvalue weighted by atomic mass is 32.2. The SMILES string of the molecule is CC(C)[C@H](NS(=O)(=O)c1ccc2c(c1)OCCO2)C(=O)N1CCc2sccc2C1. The van der Waals surface area contributed by atoms with Crippen molar-refractivity contribution in [3.63, 3.8) is 0 Å². The monoisotopic (exact) mass is 436 g/mol. The van der Waals surface area contributed by atoms with Gasteiger partial charge in [0.15, 0.2) is 11.5 Å². The van der Waals surface area contributed by atoms with E-state index in [1.807, 2.05) is 25.3 Å². The van der Waals surface area contributed by atoms with E-state index in [1.165, 1.54) is 17.0 Å². The van der Waals surface area contributed by atoms with E-state index in [0.717, 1.165) is 12.0 Å². The molecule has 1 aromatic heterocycles. The Morgan fingerprint density at radius 2 is 1.93 bits per heavy atom. The Morgan fingerprint density at radius 3 is 2.69 bits per heavy atom. The van der Waals surface area contributed by atoms with Crippen LogP contribution in [0.4, 0.5) is 0 Å². The number of thiophene rings is 1. The van der Waals surface area contributed by atoms with Crippen LogP contribution >= 0.6 is 11.3 Å². The van der Waals surface area contributed by atoms with Crippen molar-refractivity contribution in [2.24, 2.45) is 5.92 Å². The van der Waals surface area contributed by atoms with Crippen LogP contribution in [-0.2, 0) is 27.8 Å². The summed E-state index contributed by atoms with van der Waals surface area (Å²) >= 11 is 1.70. The molecule has 7 nitrogen and oxygen atoms in total. The number of hydrogen-bond acceptors (Lipinski definition) is 6. The van der Waals surface area contributed by atoms with E-state index < -0.39 is 16.1 Å². The number of nitrogens with one attached hydrogen (secondary N) is 1. The molecule has 0 aliphatic carbocycles. The maximum absolute atomic E-state index is 13.2. The van der Waals surface area contributed by atoms with Crippen LogP contribution in [0.5, 0.6) is 11.5 Å². The van der Waals surface area contributed by atoms with Crippen molar-refractivity contribution >= 4 is 27.3 Å². The first-order chi connectivity index (χ1) is 13.8. The molecule has 1 N–H and O–H groups in total. The van der Waals surface area contributed by atoms with Crippen LogP contribution in [0.25, 0.3) is 0 Å². The number of nitrogens with zero attached hydrogens (tertiary/aromatic N) is 1. The largest absolute Gasteiger partial charge is 0.486 e. The molecular formula is C20H24N2O5S2. The van der Waals surface area contributed by atoms with Crippen molar-refractivity contribution in [1.29, 1.82) is 0 Å². The van der Waals surface area contributed by atoms with Gasteiger partial charge in [-0.05, 0) is 41.5 Å². The lowest BCUT2D eigenvalue weighted by atomic mass is 10.0. The standard InChI is InChI=1S/C20H24N2O5S2/c1-13(2)19(20(23)22-7-5-18-14(12-22)6-10-28-18)21-29(24,25)15-3-4-16-17(11-15)27-9-8-26-16/h3-4,6,10-11,13,19,21H,5,7-9,12H2,1-2H3/t19-/m0/s1. The fourth-order valence-electron chi connectivity index (χ4n) is 3.53. The summed E-state index contributed by atoms with van der Waals surface area (Å²) in [4.78, 5) is 16.3. The second kappa shape index (κ2) is 7.97. The first-order valence-corrected chi connectivity index (χ1v) is 12.0. The van der Waals surface area contributed by atoms with E-state index in [4.69, 9.17) is 9.47 Å². The Kier molecular flexibility index (Phi) is 5.54. The molecule has 0 fully saturated rings. The number of sulfonamides is 1. The van der Waals surface area contributed by atoms with E-state index in [2.05, 4.69) is 4.72 Å². The summed E-state index contributed by atoms with van der Waals surface area (Å²) < 4.78 is 39.6. The fraction of sp³-hybridized carbons (Fsp3) is 0.450. The molecule has 4 rings (SSSR count). The van der Waals surface area contributed by atoms with E-state index in [-0.39, 0.29) is 16.7 Å². The molecule has 0 spiro atoms. The number of hydrogen-bond donors (Lipinski definition) is 1. The molecule has 1 atom stereocenters. The van der Waals surface area contributed by atoms with Crippen LogP contribution in [0, 0.1) is 5.92 Å². The molecule has 0 unspecified atom stereocenters. The minimum atomic E-state index is -3.90. The highest BCUT2D eigenvalue weighted by Gasteiger charge is 2.33. The molecule has 1 amide bonds. The van der Waals surface area contributed by atoms with E-state index >= 15 is 0 Å². The number of benzene rings is 1.